The third-order valence-electron chi connectivity index (χ3n) is 3.80. The smallest absolute Gasteiger partial charge is 0.408 e. The van der Waals surface area contributed by atoms with Gasteiger partial charge >= 0.3 is 12.1 Å². The van der Waals surface area contributed by atoms with Gasteiger partial charge in [-0.15, -0.1) is 0 Å². The maximum atomic E-state index is 12.3. The van der Waals surface area contributed by atoms with Gasteiger partial charge in [0.15, 0.2) is 0 Å². The maximum Gasteiger partial charge on any atom is 0.408 e. The largest absolute Gasteiger partial charge is 0.463 e. The first kappa shape index (κ1) is 19.8. The molecule has 0 unspecified atom stereocenters. The molecule has 0 saturated heterocycles. The highest BCUT2D eigenvalue weighted by atomic mass is 16.6. The number of ether oxygens (including phenoxy) is 2. The summed E-state index contributed by atoms with van der Waals surface area (Å²) in [6.45, 7) is 8.65. The van der Waals surface area contributed by atoms with Gasteiger partial charge in [-0.3, -0.25) is 4.79 Å². The Morgan fingerprint density at radius 3 is 2.35 bits per heavy atom. The molecule has 2 atom stereocenters. The van der Waals surface area contributed by atoms with Gasteiger partial charge in [-0.1, -0.05) is 36.4 Å². The summed E-state index contributed by atoms with van der Waals surface area (Å²) in [6, 6.07) is 13.7. The number of nitrogens with one attached hydrogen (secondary N) is 1. The van der Waals surface area contributed by atoms with Crippen molar-refractivity contribution in [1.82, 2.24) is 5.32 Å². The molecule has 5 nitrogen and oxygen atoms in total. The van der Waals surface area contributed by atoms with E-state index in [-0.39, 0.29) is 18.1 Å². The van der Waals surface area contributed by atoms with Gasteiger partial charge in [-0.05, 0) is 50.1 Å². The van der Waals surface area contributed by atoms with E-state index >= 15 is 0 Å². The van der Waals surface area contributed by atoms with Crippen LogP contribution >= 0.6 is 0 Å². The molecule has 2 aromatic carbocycles. The number of benzene rings is 2. The van der Waals surface area contributed by atoms with E-state index in [2.05, 4.69) is 5.32 Å². The number of amides is 1. The van der Waals surface area contributed by atoms with E-state index in [9.17, 15) is 9.59 Å². The first-order valence-electron chi connectivity index (χ1n) is 8.79. The number of fused-ring (bicyclic) bond motifs is 1. The molecule has 0 aliphatic heterocycles. The number of hydrogen-bond acceptors (Lipinski definition) is 4. The van der Waals surface area contributed by atoms with Crippen molar-refractivity contribution in [3.8, 4) is 0 Å². The molecule has 0 heterocycles. The first-order chi connectivity index (χ1) is 12.1. The molecule has 0 aromatic heterocycles. The van der Waals surface area contributed by atoms with E-state index in [1.165, 1.54) is 6.92 Å². The van der Waals surface area contributed by atoms with E-state index < -0.39 is 11.7 Å². The second-order valence-electron chi connectivity index (χ2n) is 7.46. The summed E-state index contributed by atoms with van der Waals surface area (Å²) in [5, 5.41) is 5.12. The Bertz CT molecular complexity index is 779. The minimum atomic E-state index is -0.584. The van der Waals surface area contributed by atoms with Crippen molar-refractivity contribution < 1.29 is 19.1 Å². The van der Waals surface area contributed by atoms with Gasteiger partial charge in [-0.25, -0.2) is 4.79 Å². The molecule has 140 valence electrons. The summed E-state index contributed by atoms with van der Waals surface area (Å²) in [5.74, 6) is -0.341. The van der Waals surface area contributed by atoms with Crippen LogP contribution in [0.3, 0.4) is 0 Å². The van der Waals surface area contributed by atoms with Crippen LogP contribution in [0.2, 0.25) is 0 Å². The molecular weight excluding hydrogens is 330 g/mol. The van der Waals surface area contributed by atoms with Crippen molar-refractivity contribution in [3.05, 3.63) is 48.0 Å². The third kappa shape index (κ3) is 6.06. The molecule has 1 N–H and O–H groups in total. The standard InChI is InChI=1S/C21H27NO4/c1-14(25-15(2)23)12-19(22-20(24)26-21(3,4)5)18-11-10-16-8-6-7-9-17(16)13-18/h6-11,13-14,19H,12H2,1-5H3,(H,22,24)/t14-,19+/m1/s1. The van der Waals surface area contributed by atoms with Crippen molar-refractivity contribution in [3.63, 3.8) is 0 Å². The molecule has 0 saturated carbocycles. The van der Waals surface area contributed by atoms with Gasteiger partial charge in [-0.2, -0.15) is 0 Å². The number of esters is 1. The molecule has 0 aliphatic rings. The fourth-order valence-electron chi connectivity index (χ4n) is 2.82. The summed E-state index contributed by atoms with van der Waals surface area (Å²) in [4.78, 5) is 23.5. The highest BCUT2D eigenvalue weighted by Crippen LogP contribution is 2.25. The van der Waals surface area contributed by atoms with Crippen LogP contribution in [0.5, 0.6) is 0 Å². The zero-order valence-corrected chi connectivity index (χ0v) is 16.0. The lowest BCUT2D eigenvalue weighted by atomic mass is 9.98. The third-order valence-corrected chi connectivity index (χ3v) is 3.80. The predicted molar refractivity (Wildman–Crippen MR) is 102 cm³/mol. The Morgan fingerprint density at radius 1 is 1.08 bits per heavy atom. The lowest BCUT2D eigenvalue weighted by molar-refractivity contribution is -0.145. The molecule has 0 bridgehead atoms. The summed E-state index contributed by atoms with van der Waals surface area (Å²) < 4.78 is 10.6. The maximum absolute atomic E-state index is 12.3. The van der Waals surface area contributed by atoms with Crippen LogP contribution in [0.1, 0.15) is 52.6 Å². The van der Waals surface area contributed by atoms with E-state index in [1.807, 2.05) is 70.2 Å². The Balaban J connectivity index is 2.25. The average Bonchev–Trinajstić information content (AvgIpc) is 2.51. The molecule has 0 aliphatic carbocycles. The number of carbonyl (C=O) groups excluding carboxylic acids is 2. The van der Waals surface area contributed by atoms with E-state index in [0.29, 0.717) is 6.42 Å². The fourth-order valence-corrected chi connectivity index (χ4v) is 2.82. The van der Waals surface area contributed by atoms with Gasteiger partial charge in [0.05, 0.1) is 6.04 Å². The zero-order chi connectivity index (χ0) is 19.3. The molecular formula is C21H27NO4. The van der Waals surface area contributed by atoms with Gasteiger partial charge in [0.2, 0.25) is 0 Å². The molecule has 1 amide bonds. The minimum absolute atomic E-state index is 0.330. The second kappa shape index (κ2) is 8.21. The number of hydrogen-bond donors (Lipinski definition) is 1. The van der Waals surface area contributed by atoms with Gasteiger partial charge in [0.25, 0.3) is 0 Å². The van der Waals surface area contributed by atoms with Crippen molar-refractivity contribution in [2.45, 2.75) is 58.8 Å². The lowest BCUT2D eigenvalue weighted by Gasteiger charge is -2.26. The van der Waals surface area contributed by atoms with E-state index in [4.69, 9.17) is 9.47 Å². The summed E-state index contributed by atoms with van der Waals surface area (Å²) in [5.41, 5.74) is 0.355. The molecule has 0 spiro atoms. The summed E-state index contributed by atoms with van der Waals surface area (Å²) in [6.07, 6.45) is -0.374. The van der Waals surface area contributed by atoms with Crippen molar-refractivity contribution in [2.75, 3.05) is 0 Å². The van der Waals surface area contributed by atoms with Gasteiger partial charge < -0.3 is 14.8 Å². The van der Waals surface area contributed by atoms with Gasteiger partial charge in [0.1, 0.15) is 11.7 Å². The zero-order valence-electron chi connectivity index (χ0n) is 16.0. The van der Waals surface area contributed by atoms with Crippen LogP contribution in [0.25, 0.3) is 10.8 Å². The summed E-state index contributed by atoms with van der Waals surface area (Å²) >= 11 is 0. The quantitative estimate of drug-likeness (QED) is 0.785. The lowest BCUT2D eigenvalue weighted by Crippen LogP contribution is -2.36. The van der Waals surface area contributed by atoms with Crippen molar-refractivity contribution >= 4 is 22.8 Å². The Kier molecular flexibility index (Phi) is 6.24. The topological polar surface area (TPSA) is 64.6 Å². The van der Waals surface area contributed by atoms with Crippen LogP contribution in [0, 0.1) is 0 Å². The Morgan fingerprint density at radius 2 is 1.73 bits per heavy atom. The first-order valence-corrected chi connectivity index (χ1v) is 8.79. The average molecular weight is 357 g/mol. The highest BCUT2D eigenvalue weighted by molar-refractivity contribution is 5.83. The molecule has 26 heavy (non-hydrogen) atoms. The minimum Gasteiger partial charge on any atom is -0.463 e. The highest BCUT2D eigenvalue weighted by Gasteiger charge is 2.23. The van der Waals surface area contributed by atoms with Gasteiger partial charge in [0, 0.05) is 13.3 Å². The van der Waals surface area contributed by atoms with Crippen LogP contribution in [0.4, 0.5) is 4.79 Å². The normalized spacial score (nSPS) is 13.7. The molecule has 2 aromatic rings. The van der Waals surface area contributed by atoms with Crippen LogP contribution in [-0.2, 0) is 14.3 Å². The molecule has 2 rings (SSSR count). The van der Waals surface area contributed by atoms with E-state index in [0.717, 1.165) is 16.3 Å². The van der Waals surface area contributed by atoms with Crippen molar-refractivity contribution in [1.29, 1.82) is 0 Å². The molecule has 0 fully saturated rings. The predicted octanol–water partition coefficient (Wildman–Crippen LogP) is 4.75. The summed E-state index contributed by atoms with van der Waals surface area (Å²) in [7, 11) is 0. The molecule has 5 heteroatoms. The number of rotatable bonds is 5. The van der Waals surface area contributed by atoms with Crippen molar-refractivity contribution in [2.24, 2.45) is 0 Å². The monoisotopic (exact) mass is 357 g/mol. The van der Waals surface area contributed by atoms with Crippen LogP contribution in [-0.4, -0.2) is 23.8 Å². The van der Waals surface area contributed by atoms with Crippen LogP contribution in [0.15, 0.2) is 42.5 Å². The van der Waals surface area contributed by atoms with Crippen LogP contribution < -0.4 is 5.32 Å². The Hall–Kier alpha value is -2.56. The SMILES string of the molecule is CC(=O)O[C@H](C)C[C@H](NC(=O)OC(C)(C)C)c1ccc2ccccc2c1. The number of carbonyl (C=O) groups is 2. The number of alkyl carbamates (subject to hydrolysis) is 1. The van der Waals surface area contributed by atoms with E-state index in [1.54, 1.807) is 0 Å². The Labute approximate surface area is 154 Å². The molecule has 0 radical (unpaired) electrons. The second-order valence-corrected chi connectivity index (χ2v) is 7.46. The fraction of sp³-hybridized carbons (Fsp3) is 0.429.